The van der Waals surface area contributed by atoms with E-state index in [-0.39, 0.29) is 49.8 Å². The van der Waals surface area contributed by atoms with Crippen molar-refractivity contribution in [1.29, 1.82) is 0 Å². The lowest BCUT2D eigenvalue weighted by Crippen LogP contribution is -2.45. The number of rotatable bonds is 9. The average Bonchev–Trinajstić information content (AvgIpc) is 3.84. The molecule has 0 radical (unpaired) electrons. The van der Waals surface area contributed by atoms with Crippen LogP contribution in [0, 0.1) is 5.92 Å². The molecule has 0 saturated carbocycles. The highest BCUT2D eigenvalue weighted by atomic mass is 79.9. The van der Waals surface area contributed by atoms with E-state index >= 15 is 4.11 Å². The third-order valence-electron chi connectivity index (χ3n) is 10.8. The molecule has 1 aromatic heterocycles. The van der Waals surface area contributed by atoms with Gasteiger partial charge in [0.15, 0.2) is 5.60 Å². The third-order valence-corrected chi connectivity index (χ3v) is 13.8. The van der Waals surface area contributed by atoms with Gasteiger partial charge in [0, 0.05) is 50.8 Å². The summed E-state index contributed by atoms with van der Waals surface area (Å²) in [7, 11) is -3.45. The Morgan fingerprint density at radius 3 is 2.64 bits per heavy atom. The van der Waals surface area contributed by atoms with Crippen molar-refractivity contribution in [2.24, 2.45) is 5.92 Å². The van der Waals surface area contributed by atoms with Gasteiger partial charge >= 0.3 is 0 Å². The maximum atomic E-state index is 16.3. The Morgan fingerprint density at radius 2 is 1.90 bits per heavy atom. The molecular weight excluding hydrogens is 719 g/mol. The van der Waals surface area contributed by atoms with E-state index in [1.807, 2.05) is 79.9 Å². The molecule has 3 aromatic carbocycles. The van der Waals surface area contributed by atoms with Crippen molar-refractivity contribution in [3.63, 3.8) is 0 Å². The normalized spacial score (nSPS) is 24.8. The summed E-state index contributed by atoms with van der Waals surface area (Å²) in [5.41, 5.74) is 2.68. The molecule has 4 heterocycles. The second-order valence-corrected chi connectivity index (χ2v) is 19.1. The van der Waals surface area contributed by atoms with Crippen molar-refractivity contribution >= 4 is 64.3 Å². The first kappa shape index (κ1) is 34.6. The number of hydrogen-bond acceptors (Lipinski definition) is 5. The van der Waals surface area contributed by atoms with Crippen LogP contribution in [0.2, 0.25) is 18.6 Å². The maximum absolute atomic E-state index is 16.3. The minimum absolute atomic E-state index is 0.0439. The molecule has 5 atom stereocenters. The molecule has 7 rings (SSSR count). The van der Waals surface area contributed by atoms with Crippen LogP contribution in [0.1, 0.15) is 42.9 Å². The number of aromatic nitrogens is 1. The van der Waals surface area contributed by atoms with Gasteiger partial charge in [0.05, 0.1) is 43.8 Å². The molecule has 12 heteroatoms. The fourth-order valence-electron chi connectivity index (χ4n) is 8.55. The molecule has 1 spiro atoms. The second kappa shape index (κ2) is 13.4. The van der Waals surface area contributed by atoms with Crippen LogP contribution in [-0.4, -0.2) is 66.4 Å². The van der Waals surface area contributed by atoms with Crippen molar-refractivity contribution in [2.75, 3.05) is 23.4 Å². The number of nitrogens with zero attached hydrogens (tertiary/aromatic N) is 2. The van der Waals surface area contributed by atoms with Crippen LogP contribution in [0.5, 0.6) is 0 Å². The summed E-state index contributed by atoms with van der Waals surface area (Å²) in [4.78, 5) is 47.8. The molecule has 262 valence electrons. The van der Waals surface area contributed by atoms with E-state index in [9.17, 15) is 19.5 Å². The van der Waals surface area contributed by atoms with E-state index in [1.54, 1.807) is 22.9 Å². The van der Waals surface area contributed by atoms with E-state index in [0.29, 0.717) is 23.5 Å². The zero-order chi connectivity index (χ0) is 35.4. The third kappa shape index (κ3) is 6.10. The number of benzene rings is 3. The fourth-order valence-corrected chi connectivity index (χ4v) is 11.4. The molecular formula is C38H42BrFN4O5Si. The lowest BCUT2D eigenvalue weighted by Gasteiger charge is -2.31. The Morgan fingerprint density at radius 1 is 1.14 bits per heavy atom. The molecule has 2 fully saturated rings. The summed E-state index contributed by atoms with van der Waals surface area (Å²) in [6, 6.07) is 20.7. The highest BCUT2D eigenvalue weighted by Crippen LogP contribution is 2.60. The Hall–Kier alpha value is -3.84. The predicted octanol–water partition coefficient (Wildman–Crippen LogP) is 6.81. The van der Waals surface area contributed by atoms with Gasteiger partial charge in [-0.2, -0.15) is 0 Å². The number of hydrogen-bond donors (Lipinski definition) is 3. The van der Waals surface area contributed by atoms with Crippen LogP contribution >= 0.6 is 15.9 Å². The van der Waals surface area contributed by atoms with Crippen LogP contribution in [0.3, 0.4) is 0 Å². The Bertz CT molecular complexity index is 1950. The van der Waals surface area contributed by atoms with Crippen LogP contribution in [-0.2, 0) is 37.7 Å². The molecule has 50 heavy (non-hydrogen) atoms. The number of anilines is 2. The molecule has 0 bridgehead atoms. The van der Waals surface area contributed by atoms with E-state index in [2.05, 4.69) is 26.2 Å². The topological polar surface area (TPSA) is 115 Å². The van der Waals surface area contributed by atoms with Gasteiger partial charge in [-0.1, -0.05) is 53.2 Å². The smallest absolute Gasteiger partial charge is 0.264 e. The fraction of sp³-hybridized carbons (Fsp3) is 0.395. The lowest BCUT2D eigenvalue weighted by molar-refractivity contribution is -0.150. The summed E-state index contributed by atoms with van der Waals surface area (Å²) in [6.45, 7) is 5.81. The van der Waals surface area contributed by atoms with E-state index in [0.717, 1.165) is 39.3 Å². The first-order chi connectivity index (χ1) is 23.9. The number of fused-ring (bicyclic) bond motifs is 3. The van der Waals surface area contributed by atoms with Crippen molar-refractivity contribution in [2.45, 2.75) is 75.5 Å². The molecule has 9 nitrogen and oxygen atoms in total. The first-order valence-corrected chi connectivity index (χ1v) is 21.0. The number of halogens is 2. The Kier molecular flexibility index (Phi) is 9.25. The number of H-pyrrole nitrogens is 1. The maximum Gasteiger partial charge on any atom is 0.264 e. The van der Waals surface area contributed by atoms with Gasteiger partial charge in [0.2, 0.25) is 20.2 Å². The van der Waals surface area contributed by atoms with E-state index in [1.165, 1.54) is 0 Å². The summed E-state index contributed by atoms with van der Waals surface area (Å²) in [6.07, 6.45) is 2.80. The molecule has 3 aliphatic heterocycles. The van der Waals surface area contributed by atoms with E-state index < -0.39 is 31.6 Å². The number of aromatic amines is 1. The molecule has 0 unspecified atom stereocenters. The predicted molar refractivity (Wildman–Crippen MR) is 197 cm³/mol. The standard InChI is InChI=1S/C38H42BrFN4O5Si/c1-23-36(50(2,3)40)33(19-35(47)43-16-6-7-28(43)22-45)49-38(23)30-18-26(39)12-15-32(30)44(37(38)48)21-24-10-13-27(14-11-24)42-34(46)17-25-20-41-31-9-5-4-8-29(25)31/h4-5,8-15,18,20,23,28,33,36,41,45H,6-7,16-17,19,21-22H2,1-3H3,(H,42,46)/t23-,28-,33+,36-,38+/m0/s1. The van der Waals surface area contributed by atoms with Crippen LogP contribution in [0.4, 0.5) is 15.5 Å². The van der Waals surface area contributed by atoms with Crippen molar-refractivity contribution in [3.05, 3.63) is 94.1 Å². The molecule has 4 aromatic rings. The summed E-state index contributed by atoms with van der Waals surface area (Å²) < 4.78 is 23.8. The van der Waals surface area contributed by atoms with Crippen LogP contribution in [0.25, 0.3) is 10.9 Å². The summed E-state index contributed by atoms with van der Waals surface area (Å²) in [5, 5.41) is 13.8. The lowest BCUT2D eigenvalue weighted by atomic mass is 9.82. The summed E-state index contributed by atoms with van der Waals surface area (Å²) in [5.74, 6) is -1.12. The number of aliphatic hydroxyl groups is 1. The number of carbonyl (C=O) groups excluding carboxylic acids is 3. The zero-order valence-corrected chi connectivity index (χ0v) is 31.0. The minimum Gasteiger partial charge on any atom is -0.394 e. The van der Waals surface area contributed by atoms with Crippen molar-refractivity contribution in [1.82, 2.24) is 9.88 Å². The number of para-hydroxylation sites is 1. The van der Waals surface area contributed by atoms with Crippen LogP contribution < -0.4 is 10.2 Å². The van der Waals surface area contributed by atoms with Gasteiger partial charge in [0.1, 0.15) is 0 Å². The highest BCUT2D eigenvalue weighted by Gasteiger charge is 2.67. The van der Waals surface area contributed by atoms with Crippen LogP contribution in [0.15, 0.2) is 77.4 Å². The zero-order valence-electron chi connectivity index (χ0n) is 28.4. The first-order valence-electron chi connectivity index (χ1n) is 17.2. The van der Waals surface area contributed by atoms with Gasteiger partial charge in [-0.25, -0.2) is 0 Å². The number of likely N-dealkylation sites (tertiary alicyclic amines) is 1. The average molecular weight is 762 g/mol. The van der Waals surface area contributed by atoms with Gasteiger partial charge in [-0.15, -0.1) is 0 Å². The monoisotopic (exact) mass is 760 g/mol. The van der Waals surface area contributed by atoms with Gasteiger partial charge in [0.25, 0.3) is 5.91 Å². The number of carbonyl (C=O) groups is 3. The Labute approximate surface area is 300 Å². The van der Waals surface area contributed by atoms with E-state index in [4.69, 9.17) is 4.74 Å². The number of amides is 3. The Balaban J connectivity index is 1.12. The quantitative estimate of drug-likeness (QED) is 0.128. The largest absolute Gasteiger partial charge is 0.394 e. The molecule has 3 amide bonds. The SMILES string of the molecule is C[C@H]1[C@H]([Si](C)(C)F)[C@@H](CC(=O)N2CCC[C@H]2CO)O[C@]12C(=O)N(Cc1ccc(NC(=O)Cc3c[nH]c4ccccc34)cc1)c1ccc(Br)cc12. The van der Waals surface area contributed by atoms with Gasteiger partial charge < -0.3 is 34.1 Å². The molecule has 2 saturated heterocycles. The molecule has 0 aliphatic carbocycles. The van der Waals surface area contributed by atoms with Gasteiger partial charge in [-0.05, 0) is 73.5 Å². The molecule has 3 N–H and O–H groups in total. The van der Waals surface area contributed by atoms with Crippen molar-refractivity contribution in [3.8, 4) is 0 Å². The van der Waals surface area contributed by atoms with Crippen molar-refractivity contribution < 1.29 is 28.3 Å². The number of ether oxygens (including phenoxy) is 1. The van der Waals surface area contributed by atoms with Gasteiger partial charge in [-0.3, -0.25) is 14.4 Å². The highest BCUT2D eigenvalue weighted by molar-refractivity contribution is 9.10. The second-order valence-electron chi connectivity index (χ2n) is 14.4. The number of nitrogens with one attached hydrogen (secondary N) is 2. The minimum atomic E-state index is -3.45. The summed E-state index contributed by atoms with van der Waals surface area (Å²) >= 11 is 3.58. The number of aliphatic hydroxyl groups excluding tert-OH is 1. The molecule has 3 aliphatic rings.